The van der Waals surface area contributed by atoms with Crippen LogP contribution in [0.25, 0.3) is 0 Å². The van der Waals surface area contributed by atoms with Crippen molar-refractivity contribution in [1.82, 2.24) is 20.5 Å². The topological polar surface area (TPSA) is 82.8 Å². The van der Waals surface area contributed by atoms with Crippen LogP contribution in [-0.4, -0.2) is 21.7 Å². The molecule has 3 aromatic rings. The van der Waals surface area contributed by atoms with E-state index >= 15 is 0 Å². The number of hydrogen-bond acceptors (Lipinski definition) is 4. The molecule has 1 aliphatic rings. The second-order valence-corrected chi connectivity index (χ2v) is 8.94. The molecule has 1 aliphatic heterocycles. The van der Waals surface area contributed by atoms with Crippen molar-refractivity contribution in [2.24, 2.45) is 0 Å². The molecule has 37 heavy (non-hydrogen) atoms. The van der Waals surface area contributed by atoms with E-state index in [4.69, 9.17) is 4.74 Å². The number of aromatic amines is 2. The van der Waals surface area contributed by atoms with Crippen molar-refractivity contribution >= 4 is 0 Å². The quantitative estimate of drug-likeness (QED) is 0.281. The van der Waals surface area contributed by atoms with Crippen molar-refractivity contribution in [3.05, 3.63) is 99.4 Å². The summed E-state index contributed by atoms with van der Waals surface area (Å²) in [5.41, 5.74) is -3.25. The Balaban J connectivity index is 1.56. The lowest BCUT2D eigenvalue weighted by Gasteiger charge is -2.39. The van der Waals surface area contributed by atoms with Gasteiger partial charge in [-0.15, -0.1) is 0 Å². The summed E-state index contributed by atoms with van der Waals surface area (Å²) in [5, 5.41) is 9.77. The van der Waals surface area contributed by atoms with Gasteiger partial charge in [-0.2, -0.15) is 31.4 Å². The molecule has 0 radical (unpaired) electrons. The van der Waals surface area contributed by atoms with Gasteiger partial charge in [-0.05, 0) is 55.2 Å². The Morgan fingerprint density at radius 3 is 2.22 bits per heavy atom. The Labute approximate surface area is 207 Å². The number of piperidine rings is 1. The van der Waals surface area contributed by atoms with Crippen molar-refractivity contribution in [2.75, 3.05) is 6.54 Å². The van der Waals surface area contributed by atoms with E-state index in [0.717, 1.165) is 5.56 Å². The summed E-state index contributed by atoms with van der Waals surface area (Å²) in [6, 6.07) is 10.8. The molecule has 4 rings (SSSR count). The second kappa shape index (κ2) is 10.1. The minimum atomic E-state index is -4.94. The van der Waals surface area contributed by atoms with Gasteiger partial charge in [0.25, 0.3) is 0 Å². The summed E-state index contributed by atoms with van der Waals surface area (Å²) in [6.07, 6.45) is -6.75. The van der Waals surface area contributed by atoms with Crippen LogP contribution < -0.4 is 11.0 Å². The van der Waals surface area contributed by atoms with Gasteiger partial charge in [-0.3, -0.25) is 4.98 Å². The predicted molar refractivity (Wildman–Crippen MR) is 122 cm³/mol. The van der Waals surface area contributed by atoms with Crippen LogP contribution in [0, 0.1) is 0 Å². The zero-order chi connectivity index (χ0) is 26.8. The summed E-state index contributed by atoms with van der Waals surface area (Å²) >= 11 is 0. The van der Waals surface area contributed by atoms with E-state index in [-0.39, 0.29) is 17.5 Å². The lowest BCUT2D eigenvalue weighted by Crippen LogP contribution is -2.47. The summed E-state index contributed by atoms with van der Waals surface area (Å²) < 4.78 is 85.0. The molecule has 0 bridgehead atoms. The molecule has 1 saturated heterocycles. The van der Waals surface area contributed by atoms with Gasteiger partial charge in [-0.1, -0.05) is 30.3 Å². The van der Waals surface area contributed by atoms with E-state index in [1.54, 1.807) is 6.08 Å². The molecule has 3 unspecified atom stereocenters. The Kier molecular flexibility index (Phi) is 7.22. The second-order valence-electron chi connectivity index (χ2n) is 8.94. The predicted octanol–water partition coefficient (Wildman–Crippen LogP) is 5.79. The molecule has 12 heteroatoms. The zero-order valence-corrected chi connectivity index (χ0v) is 19.6. The number of nitrogens with one attached hydrogen (secondary N) is 3. The van der Waals surface area contributed by atoms with Gasteiger partial charge >= 0.3 is 18.0 Å². The highest BCUT2D eigenvalue weighted by atomic mass is 19.4. The maximum atomic E-state index is 13.2. The Hall–Kier alpha value is -3.54. The standard InChI is InChI=1S/C25H24F6N4O2/c1-15(17-11-19(24(26,27)28)13-20(12-17)25(29,30)31)37-10-9-23(18-5-3-2-4-6-18)8-7-16(14-32-23)21-33-22(36)35-34-21/h2-6,9-13,15-16,32H,7-8,14H2,1H3,(H2,33,34,35,36)/b10-9+. The minimum Gasteiger partial charge on any atom is -0.494 e. The fourth-order valence-electron chi connectivity index (χ4n) is 4.39. The fraction of sp³-hybridized carbons (Fsp3) is 0.360. The van der Waals surface area contributed by atoms with Crippen LogP contribution in [0.2, 0.25) is 0 Å². The van der Waals surface area contributed by atoms with Gasteiger partial charge in [0, 0.05) is 12.5 Å². The molecular weight excluding hydrogens is 502 g/mol. The van der Waals surface area contributed by atoms with Crippen molar-refractivity contribution < 1.29 is 31.1 Å². The number of H-pyrrole nitrogens is 2. The first-order valence-corrected chi connectivity index (χ1v) is 11.4. The van der Waals surface area contributed by atoms with Crippen LogP contribution in [-0.2, 0) is 22.6 Å². The highest BCUT2D eigenvalue weighted by Gasteiger charge is 2.38. The van der Waals surface area contributed by atoms with E-state index < -0.39 is 40.8 Å². The Morgan fingerprint density at radius 1 is 1.05 bits per heavy atom. The average molecular weight is 526 g/mol. The highest BCUT2D eigenvalue weighted by molar-refractivity contribution is 5.35. The van der Waals surface area contributed by atoms with Crippen LogP contribution in [0.15, 0.2) is 65.7 Å². The van der Waals surface area contributed by atoms with Gasteiger partial charge in [0.1, 0.15) is 11.9 Å². The number of nitrogens with zero attached hydrogens (tertiary/aromatic N) is 1. The van der Waals surface area contributed by atoms with Gasteiger partial charge in [0.05, 0.1) is 22.9 Å². The summed E-state index contributed by atoms with van der Waals surface area (Å²) in [7, 11) is 0. The number of halogens is 6. The summed E-state index contributed by atoms with van der Waals surface area (Å²) in [4.78, 5) is 14.1. The van der Waals surface area contributed by atoms with Crippen LogP contribution in [0.5, 0.6) is 0 Å². The fourth-order valence-corrected chi connectivity index (χ4v) is 4.39. The Bertz CT molecular complexity index is 1260. The number of alkyl halides is 6. The lowest BCUT2D eigenvalue weighted by molar-refractivity contribution is -0.143. The van der Waals surface area contributed by atoms with Crippen molar-refractivity contribution in [1.29, 1.82) is 0 Å². The first-order chi connectivity index (χ1) is 17.4. The van der Waals surface area contributed by atoms with Crippen molar-refractivity contribution in [3.8, 4) is 0 Å². The first kappa shape index (κ1) is 26.5. The van der Waals surface area contributed by atoms with E-state index in [1.807, 2.05) is 30.3 Å². The average Bonchev–Trinajstić information content (AvgIpc) is 3.29. The number of hydrogen-bond donors (Lipinski definition) is 3. The van der Waals surface area contributed by atoms with Crippen LogP contribution >= 0.6 is 0 Å². The molecule has 0 amide bonds. The van der Waals surface area contributed by atoms with Crippen molar-refractivity contribution in [2.45, 2.75) is 49.7 Å². The molecule has 2 aromatic carbocycles. The molecule has 0 saturated carbocycles. The minimum absolute atomic E-state index is 0.0603. The number of aromatic nitrogens is 3. The monoisotopic (exact) mass is 526 g/mol. The van der Waals surface area contributed by atoms with Crippen LogP contribution in [0.4, 0.5) is 26.3 Å². The maximum Gasteiger partial charge on any atom is 0.416 e. The van der Waals surface area contributed by atoms with Crippen molar-refractivity contribution in [3.63, 3.8) is 0 Å². The van der Waals surface area contributed by atoms with Crippen LogP contribution in [0.3, 0.4) is 0 Å². The molecule has 0 aliphatic carbocycles. The van der Waals surface area contributed by atoms with Gasteiger partial charge in [0.2, 0.25) is 0 Å². The van der Waals surface area contributed by atoms with Gasteiger partial charge < -0.3 is 10.1 Å². The molecule has 0 spiro atoms. The third kappa shape index (κ3) is 6.07. The first-order valence-electron chi connectivity index (χ1n) is 11.4. The van der Waals surface area contributed by atoms with Gasteiger partial charge in [-0.25, -0.2) is 9.89 Å². The molecule has 1 aromatic heterocycles. The molecule has 3 N–H and O–H groups in total. The van der Waals surface area contributed by atoms with E-state index in [0.29, 0.717) is 37.3 Å². The molecule has 6 nitrogen and oxygen atoms in total. The highest BCUT2D eigenvalue weighted by Crippen LogP contribution is 2.39. The largest absolute Gasteiger partial charge is 0.494 e. The van der Waals surface area contributed by atoms with E-state index in [1.165, 1.54) is 13.2 Å². The Morgan fingerprint density at radius 2 is 1.70 bits per heavy atom. The molecular formula is C25H24F6N4O2. The SMILES string of the molecule is CC(O/C=C/C1(c2ccccc2)CCC(c2n[nH]c(=O)[nH]2)CN1)c1cc(C(F)(F)F)cc(C(F)(F)F)c1. The maximum absolute atomic E-state index is 13.2. The third-order valence-corrected chi connectivity index (χ3v) is 6.46. The lowest BCUT2D eigenvalue weighted by atomic mass is 9.79. The number of ether oxygens (including phenoxy) is 1. The zero-order valence-electron chi connectivity index (χ0n) is 19.6. The smallest absolute Gasteiger partial charge is 0.416 e. The van der Waals surface area contributed by atoms with Gasteiger partial charge in [0.15, 0.2) is 0 Å². The molecule has 198 valence electrons. The molecule has 2 heterocycles. The normalized spacial score (nSPS) is 21.8. The third-order valence-electron chi connectivity index (χ3n) is 6.46. The summed E-state index contributed by atoms with van der Waals surface area (Å²) in [6.45, 7) is 1.84. The summed E-state index contributed by atoms with van der Waals surface area (Å²) in [5.74, 6) is 0.466. The molecule has 1 fully saturated rings. The van der Waals surface area contributed by atoms with Crippen LogP contribution in [0.1, 0.15) is 59.9 Å². The number of rotatable bonds is 6. The number of benzene rings is 2. The van der Waals surface area contributed by atoms with E-state index in [9.17, 15) is 31.1 Å². The van der Waals surface area contributed by atoms with E-state index in [2.05, 4.69) is 20.5 Å². The molecule has 3 atom stereocenters.